The fourth-order valence-corrected chi connectivity index (χ4v) is 3.85. The minimum absolute atomic E-state index is 0.0644. The van der Waals surface area contributed by atoms with Gasteiger partial charge in [-0.2, -0.15) is 13.2 Å². The SMILES string of the molecule is CCCC1CCC(O)C(N2CCCC(C(F)(F)F)C2)C1. The van der Waals surface area contributed by atoms with Crippen LogP contribution in [0.15, 0.2) is 0 Å². The quantitative estimate of drug-likeness (QED) is 0.859. The van der Waals surface area contributed by atoms with Crippen molar-refractivity contribution in [2.45, 2.75) is 70.2 Å². The Kier molecular flexibility index (Phi) is 5.35. The number of piperidine rings is 1. The highest BCUT2D eigenvalue weighted by Crippen LogP contribution is 2.37. The number of likely N-dealkylation sites (tertiary alicyclic amines) is 1. The monoisotopic (exact) mass is 293 g/mol. The van der Waals surface area contributed by atoms with E-state index in [1.54, 1.807) is 0 Å². The lowest BCUT2D eigenvalue weighted by atomic mass is 9.80. The van der Waals surface area contributed by atoms with E-state index in [2.05, 4.69) is 6.92 Å². The van der Waals surface area contributed by atoms with Crippen molar-refractivity contribution in [1.82, 2.24) is 4.90 Å². The summed E-state index contributed by atoms with van der Waals surface area (Å²) < 4.78 is 38.7. The first-order valence-electron chi connectivity index (χ1n) is 7.90. The summed E-state index contributed by atoms with van der Waals surface area (Å²) in [6, 6.07) is -0.0644. The second kappa shape index (κ2) is 6.65. The maximum Gasteiger partial charge on any atom is 0.393 e. The number of halogens is 3. The van der Waals surface area contributed by atoms with E-state index in [-0.39, 0.29) is 19.0 Å². The molecular weight excluding hydrogens is 267 g/mol. The number of rotatable bonds is 3. The van der Waals surface area contributed by atoms with Crippen LogP contribution >= 0.6 is 0 Å². The van der Waals surface area contributed by atoms with Crippen molar-refractivity contribution in [3.8, 4) is 0 Å². The molecule has 0 aromatic heterocycles. The topological polar surface area (TPSA) is 23.5 Å². The summed E-state index contributed by atoms with van der Waals surface area (Å²) in [6.07, 6.45) is 1.13. The second-order valence-electron chi connectivity index (χ2n) is 6.48. The van der Waals surface area contributed by atoms with Gasteiger partial charge in [0.15, 0.2) is 0 Å². The highest BCUT2D eigenvalue weighted by Gasteiger charge is 2.44. The van der Waals surface area contributed by atoms with Crippen LogP contribution in [0, 0.1) is 11.8 Å². The van der Waals surface area contributed by atoms with Crippen LogP contribution in [-0.2, 0) is 0 Å². The Balaban J connectivity index is 1.97. The first kappa shape index (κ1) is 16.1. The molecule has 0 aromatic rings. The zero-order valence-corrected chi connectivity index (χ0v) is 12.2. The number of hydrogen-bond acceptors (Lipinski definition) is 2. The number of nitrogens with zero attached hydrogens (tertiary/aromatic N) is 1. The molecule has 0 amide bonds. The van der Waals surface area contributed by atoms with E-state index < -0.39 is 18.2 Å². The molecule has 2 nitrogen and oxygen atoms in total. The van der Waals surface area contributed by atoms with Crippen LogP contribution in [0.3, 0.4) is 0 Å². The molecule has 0 bridgehead atoms. The second-order valence-corrected chi connectivity index (χ2v) is 6.48. The molecule has 1 N–H and O–H groups in total. The molecule has 118 valence electrons. The molecule has 0 radical (unpaired) electrons. The van der Waals surface area contributed by atoms with Gasteiger partial charge in [-0.05, 0) is 44.6 Å². The zero-order valence-electron chi connectivity index (χ0n) is 12.2. The molecule has 1 aliphatic carbocycles. The van der Waals surface area contributed by atoms with Crippen LogP contribution in [0.1, 0.15) is 51.9 Å². The van der Waals surface area contributed by atoms with Crippen LogP contribution < -0.4 is 0 Å². The molecule has 1 aliphatic heterocycles. The van der Waals surface area contributed by atoms with Gasteiger partial charge in [-0.1, -0.05) is 19.8 Å². The Bertz CT molecular complexity index is 308. The minimum Gasteiger partial charge on any atom is -0.391 e. The van der Waals surface area contributed by atoms with Crippen LogP contribution in [0.4, 0.5) is 13.2 Å². The van der Waals surface area contributed by atoms with Gasteiger partial charge in [-0.15, -0.1) is 0 Å². The van der Waals surface area contributed by atoms with E-state index in [0.29, 0.717) is 18.9 Å². The van der Waals surface area contributed by atoms with Crippen molar-refractivity contribution in [2.75, 3.05) is 13.1 Å². The molecular formula is C15H26F3NO. The Morgan fingerprint density at radius 3 is 2.60 bits per heavy atom. The summed E-state index contributed by atoms with van der Waals surface area (Å²) in [5.74, 6) is -0.644. The van der Waals surface area contributed by atoms with Crippen molar-refractivity contribution in [2.24, 2.45) is 11.8 Å². The maximum atomic E-state index is 12.9. The van der Waals surface area contributed by atoms with Crippen LogP contribution in [0.2, 0.25) is 0 Å². The van der Waals surface area contributed by atoms with E-state index in [9.17, 15) is 18.3 Å². The number of alkyl halides is 3. The molecule has 2 aliphatic rings. The van der Waals surface area contributed by atoms with E-state index in [0.717, 1.165) is 32.1 Å². The maximum absolute atomic E-state index is 12.9. The zero-order chi connectivity index (χ0) is 14.8. The fraction of sp³-hybridized carbons (Fsp3) is 1.00. The third-order valence-corrected chi connectivity index (χ3v) is 4.97. The van der Waals surface area contributed by atoms with Gasteiger partial charge in [0, 0.05) is 12.6 Å². The summed E-state index contributed by atoms with van der Waals surface area (Å²) in [5, 5.41) is 10.2. The minimum atomic E-state index is -4.10. The molecule has 5 heteroatoms. The molecule has 0 spiro atoms. The standard InChI is InChI=1S/C15H26F3NO/c1-2-4-11-6-7-14(20)13(9-11)19-8-3-5-12(10-19)15(16,17)18/h11-14,20H,2-10H2,1H3. The lowest BCUT2D eigenvalue weighted by Crippen LogP contribution is -2.52. The van der Waals surface area contributed by atoms with E-state index >= 15 is 0 Å². The summed E-state index contributed by atoms with van der Waals surface area (Å²) in [5.41, 5.74) is 0. The van der Waals surface area contributed by atoms with Crippen LogP contribution in [-0.4, -0.2) is 41.4 Å². The normalized spacial score (nSPS) is 37.0. The molecule has 1 heterocycles. The Labute approximate surface area is 119 Å². The predicted molar refractivity (Wildman–Crippen MR) is 72.4 cm³/mol. The van der Waals surface area contributed by atoms with Crippen molar-refractivity contribution < 1.29 is 18.3 Å². The summed E-state index contributed by atoms with van der Waals surface area (Å²) in [6.45, 7) is 2.91. The molecule has 2 fully saturated rings. The molecule has 4 unspecified atom stereocenters. The van der Waals surface area contributed by atoms with E-state index in [1.807, 2.05) is 4.90 Å². The molecule has 2 rings (SSSR count). The van der Waals surface area contributed by atoms with Crippen molar-refractivity contribution >= 4 is 0 Å². The highest BCUT2D eigenvalue weighted by atomic mass is 19.4. The van der Waals surface area contributed by atoms with Gasteiger partial charge in [0.05, 0.1) is 12.0 Å². The average Bonchev–Trinajstić information content (AvgIpc) is 2.40. The van der Waals surface area contributed by atoms with Gasteiger partial charge in [0.2, 0.25) is 0 Å². The van der Waals surface area contributed by atoms with E-state index in [4.69, 9.17) is 0 Å². The van der Waals surface area contributed by atoms with Crippen molar-refractivity contribution in [3.63, 3.8) is 0 Å². The Morgan fingerprint density at radius 2 is 1.95 bits per heavy atom. The van der Waals surface area contributed by atoms with Gasteiger partial charge < -0.3 is 5.11 Å². The van der Waals surface area contributed by atoms with Crippen molar-refractivity contribution in [1.29, 1.82) is 0 Å². The van der Waals surface area contributed by atoms with Crippen LogP contribution in [0.5, 0.6) is 0 Å². The molecule has 1 saturated carbocycles. The van der Waals surface area contributed by atoms with Crippen LogP contribution in [0.25, 0.3) is 0 Å². The van der Waals surface area contributed by atoms with Gasteiger partial charge in [-0.25, -0.2) is 0 Å². The lowest BCUT2D eigenvalue weighted by Gasteiger charge is -2.44. The molecule has 1 saturated heterocycles. The highest BCUT2D eigenvalue weighted by molar-refractivity contribution is 4.90. The Morgan fingerprint density at radius 1 is 1.20 bits per heavy atom. The molecule has 4 atom stereocenters. The first-order chi connectivity index (χ1) is 9.41. The smallest absolute Gasteiger partial charge is 0.391 e. The van der Waals surface area contributed by atoms with Gasteiger partial charge in [0.25, 0.3) is 0 Å². The van der Waals surface area contributed by atoms with Gasteiger partial charge in [-0.3, -0.25) is 4.90 Å². The summed E-state index contributed by atoms with van der Waals surface area (Å²) >= 11 is 0. The Hall–Kier alpha value is -0.290. The number of aliphatic hydroxyl groups is 1. The molecule has 20 heavy (non-hydrogen) atoms. The number of hydrogen-bond donors (Lipinski definition) is 1. The largest absolute Gasteiger partial charge is 0.393 e. The average molecular weight is 293 g/mol. The summed E-state index contributed by atoms with van der Waals surface area (Å²) in [7, 11) is 0. The van der Waals surface area contributed by atoms with E-state index in [1.165, 1.54) is 0 Å². The third-order valence-electron chi connectivity index (χ3n) is 4.97. The lowest BCUT2D eigenvalue weighted by molar-refractivity contribution is -0.191. The predicted octanol–water partition coefficient (Wildman–Crippen LogP) is 3.59. The van der Waals surface area contributed by atoms with Gasteiger partial charge in [0.1, 0.15) is 0 Å². The fourth-order valence-electron chi connectivity index (χ4n) is 3.85. The first-order valence-corrected chi connectivity index (χ1v) is 7.90. The number of aliphatic hydroxyl groups excluding tert-OH is 1. The third kappa shape index (κ3) is 3.88. The molecule has 0 aromatic carbocycles. The summed E-state index contributed by atoms with van der Waals surface area (Å²) in [4.78, 5) is 1.91. The van der Waals surface area contributed by atoms with Gasteiger partial charge >= 0.3 is 6.18 Å². The van der Waals surface area contributed by atoms with Crippen molar-refractivity contribution in [3.05, 3.63) is 0 Å².